The van der Waals surface area contributed by atoms with Crippen molar-refractivity contribution in [2.75, 3.05) is 41.5 Å². The molecule has 2 rings (SSSR count). The van der Waals surface area contributed by atoms with Crippen molar-refractivity contribution in [1.82, 2.24) is 5.32 Å². The second-order valence-corrected chi connectivity index (χ2v) is 6.34. The van der Waals surface area contributed by atoms with Gasteiger partial charge in [-0.1, -0.05) is 12.1 Å². The van der Waals surface area contributed by atoms with Crippen molar-refractivity contribution < 1.29 is 18.9 Å². The molecule has 0 bridgehead atoms. The fourth-order valence-corrected chi connectivity index (χ4v) is 3.03. The largest absolute Gasteiger partial charge is 0.493 e. The number of benzene rings is 2. The maximum absolute atomic E-state index is 5.35. The third-order valence-corrected chi connectivity index (χ3v) is 4.53. The SMILES string of the molecule is COc1ccc(CCCNCCCc2ccc(OC)c(OC)c2)cc1OC. The van der Waals surface area contributed by atoms with E-state index in [1.165, 1.54) is 11.1 Å². The Balaban J connectivity index is 1.65. The summed E-state index contributed by atoms with van der Waals surface area (Å²) in [5, 5.41) is 3.52. The molecule has 148 valence electrons. The maximum atomic E-state index is 5.35. The topological polar surface area (TPSA) is 49.0 Å². The molecule has 0 aliphatic rings. The van der Waals surface area contributed by atoms with Gasteiger partial charge in [-0.25, -0.2) is 0 Å². The summed E-state index contributed by atoms with van der Waals surface area (Å²) in [6.45, 7) is 2.00. The van der Waals surface area contributed by atoms with Crippen molar-refractivity contribution in [1.29, 1.82) is 0 Å². The first-order valence-corrected chi connectivity index (χ1v) is 9.34. The highest BCUT2D eigenvalue weighted by atomic mass is 16.5. The first-order valence-electron chi connectivity index (χ1n) is 9.34. The molecule has 5 nitrogen and oxygen atoms in total. The van der Waals surface area contributed by atoms with Gasteiger partial charge in [0.05, 0.1) is 28.4 Å². The van der Waals surface area contributed by atoms with Crippen LogP contribution in [0, 0.1) is 0 Å². The van der Waals surface area contributed by atoms with Crippen LogP contribution in [0.3, 0.4) is 0 Å². The molecule has 2 aromatic carbocycles. The van der Waals surface area contributed by atoms with Crippen LogP contribution in [0.1, 0.15) is 24.0 Å². The van der Waals surface area contributed by atoms with Crippen molar-refractivity contribution in [2.45, 2.75) is 25.7 Å². The van der Waals surface area contributed by atoms with Crippen LogP contribution in [0.15, 0.2) is 36.4 Å². The number of rotatable bonds is 12. The third-order valence-electron chi connectivity index (χ3n) is 4.53. The lowest BCUT2D eigenvalue weighted by molar-refractivity contribution is 0.354. The van der Waals surface area contributed by atoms with Gasteiger partial charge in [-0.3, -0.25) is 0 Å². The Labute approximate surface area is 162 Å². The quantitative estimate of drug-likeness (QED) is 0.572. The average molecular weight is 373 g/mol. The predicted molar refractivity (Wildman–Crippen MR) is 109 cm³/mol. The first kappa shape index (κ1) is 20.9. The van der Waals surface area contributed by atoms with Gasteiger partial charge in [0.2, 0.25) is 0 Å². The van der Waals surface area contributed by atoms with Crippen LogP contribution in [0.5, 0.6) is 23.0 Å². The van der Waals surface area contributed by atoms with E-state index in [4.69, 9.17) is 18.9 Å². The summed E-state index contributed by atoms with van der Waals surface area (Å²) in [4.78, 5) is 0. The Morgan fingerprint density at radius 1 is 0.593 bits per heavy atom. The molecule has 0 spiro atoms. The summed E-state index contributed by atoms with van der Waals surface area (Å²) in [5.41, 5.74) is 2.53. The van der Waals surface area contributed by atoms with Crippen molar-refractivity contribution in [3.63, 3.8) is 0 Å². The van der Waals surface area contributed by atoms with Gasteiger partial charge in [-0.05, 0) is 74.2 Å². The molecule has 0 atom stereocenters. The third kappa shape index (κ3) is 6.36. The maximum Gasteiger partial charge on any atom is 0.160 e. The lowest BCUT2D eigenvalue weighted by atomic mass is 10.1. The van der Waals surface area contributed by atoms with E-state index in [-0.39, 0.29) is 0 Å². The molecule has 0 saturated carbocycles. The zero-order chi connectivity index (χ0) is 19.5. The van der Waals surface area contributed by atoms with Crippen LogP contribution in [-0.4, -0.2) is 41.5 Å². The number of aryl methyl sites for hydroxylation is 2. The normalized spacial score (nSPS) is 10.5. The fraction of sp³-hybridized carbons (Fsp3) is 0.455. The summed E-state index contributed by atoms with van der Waals surface area (Å²) in [6.07, 6.45) is 4.21. The van der Waals surface area contributed by atoms with E-state index in [2.05, 4.69) is 29.6 Å². The number of ether oxygens (including phenoxy) is 4. The monoisotopic (exact) mass is 373 g/mol. The molecule has 2 aromatic rings. The van der Waals surface area contributed by atoms with Gasteiger partial charge in [0.1, 0.15) is 0 Å². The highest BCUT2D eigenvalue weighted by Gasteiger charge is 2.05. The summed E-state index contributed by atoms with van der Waals surface area (Å²) in [6, 6.07) is 12.2. The van der Waals surface area contributed by atoms with Gasteiger partial charge in [0.15, 0.2) is 23.0 Å². The van der Waals surface area contributed by atoms with Gasteiger partial charge in [0.25, 0.3) is 0 Å². The van der Waals surface area contributed by atoms with Gasteiger partial charge < -0.3 is 24.3 Å². The summed E-state index contributed by atoms with van der Waals surface area (Å²) < 4.78 is 21.2. The molecule has 0 saturated heterocycles. The fourth-order valence-electron chi connectivity index (χ4n) is 3.03. The number of methoxy groups -OCH3 is 4. The van der Waals surface area contributed by atoms with Crippen molar-refractivity contribution in [3.05, 3.63) is 47.5 Å². The zero-order valence-electron chi connectivity index (χ0n) is 16.8. The van der Waals surface area contributed by atoms with Gasteiger partial charge in [-0.2, -0.15) is 0 Å². The Hall–Kier alpha value is -2.40. The molecular formula is C22H31NO4. The first-order chi connectivity index (χ1) is 13.2. The molecule has 0 aliphatic carbocycles. The number of nitrogens with one attached hydrogen (secondary N) is 1. The molecule has 0 heterocycles. The molecule has 0 amide bonds. The summed E-state index contributed by atoms with van der Waals surface area (Å²) >= 11 is 0. The van der Waals surface area contributed by atoms with Gasteiger partial charge in [-0.15, -0.1) is 0 Å². The lowest BCUT2D eigenvalue weighted by Crippen LogP contribution is -2.17. The molecule has 5 heteroatoms. The van der Waals surface area contributed by atoms with Crippen molar-refractivity contribution in [3.8, 4) is 23.0 Å². The van der Waals surface area contributed by atoms with E-state index >= 15 is 0 Å². The molecule has 1 N–H and O–H groups in total. The van der Waals surface area contributed by atoms with Crippen LogP contribution in [0.4, 0.5) is 0 Å². The van der Waals surface area contributed by atoms with E-state index in [0.29, 0.717) is 0 Å². The standard InChI is InChI=1S/C22H31NO4/c1-24-19-11-9-17(15-21(19)26-3)7-5-13-23-14-6-8-18-10-12-20(25-2)22(16-18)27-4/h9-12,15-16,23H,5-8,13-14H2,1-4H3. The number of hydrogen-bond donors (Lipinski definition) is 1. The molecule has 0 fully saturated rings. The Kier molecular flexibility index (Phi) is 8.78. The van der Waals surface area contributed by atoms with E-state index < -0.39 is 0 Å². The minimum Gasteiger partial charge on any atom is -0.493 e. The Bertz CT molecular complexity index is 643. The minimum atomic E-state index is 0.773. The van der Waals surface area contributed by atoms with Gasteiger partial charge in [0, 0.05) is 0 Å². The van der Waals surface area contributed by atoms with Crippen molar-refractivity contribution >= 4 is 0 Å². The van der Waals surface area contributed by atoms with E-state index in [1.54, 1.807) is 28.4 Å². The second-order valence-electron chi connectivity index (χ2n) is 6.34. The molecule has 0 unspecified atom stereocenters. The van der Waals surface area contributed by atoms with E-state index in [1.807, 2.05) is 12.1 Å². The van der Waals surface area contributed by atoms with E-state index in [9.17, 15) is 0 Å². The average Bonchev–Trinajstić information content (AvgIpc) is 2.72. The Morgan fingerprint density at radius 3 is 1.37 bits per heavy atom. The molecule has 27 heavy (non-hydrogen) atoms. The van der Waals surface area contributed by atoms with Gasteiger partial charge >= 0.3 is 0 Å². The van der Waals surface area contributed by atoms with Crippen molar-refractivity contribution in [2.24, 2.45) is 0 Å². The lowest BCUT2D eigenvalue weighted by Gasteiger charge is -2.10. The zero-order valence-corrected chi connectivity index (χ0v) is 16.8. The highest BCUT2D eigenvalue weighted by Crippen LogP contribution is 2.28. The molecule has 0 radical (unpaired) electrons. The Morgan fingerprint density at radius 2 is 1.00 bits per heavy atom. The van der Waals surface area contributed by atoms with Crippen LogP contribution in [0.2, 0.25) is 0 Å². The smallest absolute Gasteiger partial charge is 0.160 e. The molecule has 0 aliphatic heterocycles. The molecular weight excluding hydrogens is 342 g/mol. The summed E-state index contributed by atoms with van der Waals surface area (Å²) in [7, 11) is 6.65. The minimum absolute atomic E-state index is 0.773. The predicted octanol–water partition coefficient (Wildman–Crippen LogP) is 3.88. The van der Waals surface area contributed by atoms with Crippen LogP contribution in [0.25, 0.3) is 0 Å². The molecule has 0 aromatic heterocycles. The number of hydrogen-bond acceptors (Lipinski definition) is 5. The van der Waals surface area contributed by atoms with Crippen LogP contribution in [-0.2, 0) is 12.8 Å². The van der Waals surface area contributed by atoms with E-state index in [0.717, 1.165) is 61.8 Å². The van der Waals surface area contributed by atoms with Crippen LogP contribution >= 0.6 is 0 Å². The summed E-state index contributed by atoms with van der Waals surface area (Å²) in [5.74, 6) is 3.12. The second kappa shape index (κ2) is 11.3. The highest BCUT2D eigenvalue weighted by molar-refractivity contribution is 5.43. The van der Waals surface area contributed by atoms with Crippen LogP contribution < -0.4 is 24.3 Å².